The topological polar surface area (TPSA) is 145 Å². The third kappa shape index (κ3) is 7.74. The fourth-order valence-corrected chi connectivity index (χ4v) is 3.85. The van der Waals surface area contributed by atoms with Crippen LogP contribution >= 0.6 is 0 Å². The predicted octanol–water partition coefficient (Wildman–Crippen LogP) is 2.04. The molecule has 10 heteroatoms. The molecule has 10 nitrogen and oxygen atoms in total. The van der Waals surface area contributed by atoms with Gasteiger partial charge < -0.3 is 25.2 Å². The number of benzene rings is 1. The molecule has 1 aliphatic heterocycles. The number of rotatable bonds is 10. The van der Waals surface area contributed by atoms with Gasteiger partial charge in [-0.1, -0.05) is 51.1 Å². The number of amides is 2. The van der Waals surface area contributed by atoms with Crippen LogP contribution in [0.5, 0.6) is 0 Å². The molecule has 4 atom stereocenters. The summed E-state index contributed by atoms with van der Waals surface area (Å²) in [6, 6.07) is 6.35. The molecule has 1 fully saturated rings. The van der Waals surface area contributed by atoms with E-state index >= 15 is 0 Å². The smallest absolute Gasteiger partial charge is 0.408 e. The van der Waals surface area contributed by atoms with Crippen molar-refractivity contribution >= 4 is 23.9 Å². The Morgan fingerprint density at radius 3 is 2.39 bits per heavy atom. The number of ether oxygens (including phenoxy) is 1. The van der Waals surface area contributed by atoms with E-state index in [0.29, 0.717) is 13.0 Å². The fourth-order valence-electron chi connectivity index (χ4n) is 3.85. The van der Waals surface area contributed by atoms with Gasteiger partial charge in [0.05, 0.1) is 12.6 Å². The molecule has 0 radical (unpaired) electrons. The second-order valence-corrected chi connectivity index (χ2v) is 8.72. The standard InChI is InChI=1S/C23H33N3O7/c1-14(2)20(25-23(32)33-13-16-7-5-4-6-8-16)21(29)26(17(22(30)31)12-19(27)28)18-11-15(3)9-10-24-18/h4-8,14-15,17-18,20,24H,9-13H2,1-3H3,(H,25,32)(H,27,28)(H,30,31)/t15?,17-,18?,20-/m0/s1. The van der Waals surface area contributed by atoms with E-state index in [4.69, 9.17) is 4.74 Å². The van der Waals surface area contributed by atoms with E-state index in [1.807, 2.05) is 25.1 Å². The Hall–Kier alpha value is -3.14. The summed E-state index contributed by atoms with van der Waals surface area (Å²) in [5, 5.41) is 24.7. The van der Waals surface area contributed by atoms with Crippen LogP contribution in [0.4, 0.5) is 4.79 Å². The van der Waals surface area contributed by atoms with Crippen molar-refractivity contribution in [1.29, 1.82) is 0 Å². The minimum absolute atomic E-state index is 0.00779. The Kier molecular flexibility index (Phi) is 9.65. The summed E-state index contributed by atoms with van der Waals surface area (Å²) in [6.07, 6.45) is -0.909. The summed E-state index contributed by atoms with van der Waals surface area (Å²) >= 11 is 0. The maximum atomic E-state index is 13.6. The van der Waals surface area contributed by atoms with E-state index in [1.54, 1.807) is 26.0 Å². The molecular weight excluding hydrogens is 430 g/mol. The molecule has 0 spiro atoms. The number of carboxylic acids is 2. The van der Waals surface area contributed by atoms with E-state index in [9.17, 15) is 29.4 Å². The number of hydrogen-bond acceptors (Lipinski definition) is 6. The lowest BCUT2D eigenvalue weighted by Gasteiger charge is -2.42. The third-order valence-electron chi connectivity index (χ3n) is 5.64. The molecule has 0 saturated carbocycles. The maximum absolute atomic E-state index is 13.6. The van der Waals surface area contributed by atoms with Crippen LogP contribution in [0.15, 0.2) is 30.3 Å². The molecule has 182 valence electrons. The Bertz CT molecular complexity index is 831. The average molecular weight is 464 g/mol. The van der Waals surface area contributed by atoms with Gasteiger partial charge in [0.25, 0.3) is 0 Å². The van der Waals surface area contributed by atoms with E-state index in [-0.39, 0.29) is 12.5 Å². The summed E-state index contributed by atoms with van der Waals surface area (Å²) < 4.78 is 5.23. The summed E-state index contributed by atoms with van der Waals surface area (Å²) in [6.45, 7) is 5.98. The van der Waals surface area contributed by atoms with E-state index in [2.05, 4.69) is 10.6 Å². The molecule has 1 aromatic rings. The van der Waals surface area contributed by atoms with Crippen LogP contribution in [0.2, 0.25) is 0 Å². The molecule has 1 aliphatic rings. The first-order chi connectivity index (χ1) is 15.6. The first kappa shape index (κ1) is 26.1. The highest BCUT2D eigenvalue weighted by atomic mass is 16.5. The Labute approximate surface area is 193 Å². The second kappa shape index (κ2) is 12.2. The Morgan fingerprint density at radius 2 is 1.85 bits per heavy atom. The summed E-state index contributed by atoms with van der Waals surface area (Å²) in [7, 11) is 0. The number of carbonyl (C=O) groups is 4. The zero-order chi connectivity index (χ0) is 24.5. The van der Waals surface area contributed by atoms with Gasteiger partial charge in [0.15, 0.2) is 0 Å². The van der Waals surface area contributed by atoms with Crippen LogP contribution in [-0.2, 0) is 25.7 Å². The largest absolute Gasteiger partial charge is 0.481 e. The first-order valence-corrected chi connectivity index (χ1v) is 11.1. The van der Waals surface area contributed by atoms with Gasteiger partial charge in [0.2, 0.25) is 5.91 Å². The number of alkyl carbamates (subject to hydrolysis) is 1. The van der Waals surface area contributed by atoms with Gasteiger partial charge in [-0.15, -0.1) is 0 Å². The van der Waals surface area contributed by atoms with E-state index < -0.39 is 54.5 Å². The number of piperidine rings is 1. The molecule has 0 aliphatic carbocycles. The first-order valence-electron chi connectivity index (χ1n) is 11.1. The van der Waals surface area contributed by atoms with Gasteiger partial charge in [0, 0.05) is 0 Å². The van der Waals surface area contributed by atoms with Crippen molar-refractivity contribution in [3.63, 3.8) is 0 Å². The molecule has 1 heterocycles. The van der Waals surface area contributed by atoms with Crippen LogP contribution in [0, 0.1) is 11.8 Å². The van der Waals surface area contributed by atoms with Gasteiger partial charge in [-0.05, 0) is 36.8 Å². The van der Waals surface area contributed by atoms with Crippen LogP contribution in [0.1, 0.15) is 45.6 Å². The molecule has 0 aromatic heterocycles. The quantitative estimate of drug-likeness (QED) is 0.412. The molecule has 1 saturated heterocycles. The van der Waals surface area contributed by atoms with Crippen molar-refractivity contribution in [2.45, 2.75) is 64.9 Å². The highest BCUT2D eigenvalue weighted by Gasteiger charge is 2.42. The van der Waals surface area contributed by atoms with Crippen LogP contribution in [0.25, 0.3) is 0 Å². The van der Waals surface area contributed by atoms with Crippen LogP contribution in [-0.4, -0.2) is 63.8 Å². The van der Waals surface area contributed by atoms with Crippen molar-refractivity contribution in [2.75, 3.05) is 6.54 Å². The SMILES string of the molecule is CC1CCNC(N(C(=O)[C@@H](NC(=O)OCc2ccccc2)C(C)C)[C@@H](CC(=O)O)C(=O)O)C1. The van der Waals surface area contributed by atoms with Gasteiger partial charge in [0.1, 0.15) is 18.7 Å². The van der Waals surface area contributed by atoms with Crippen LogP contribution in [0.3, 0.4) is 0 Å². The van der Waals surface area contributed by atoms with E-state index in [1.165, 1.54) is 0 Å². The molecule has 2 unspecified atom stereocenters. The van der Waals surface area contributed by atoms with Crippen molar-refractivity contribution in [3.8, 4) is 0 Å². The van der Waals surface area contributed by atoms with Crippen molar-refractivity contribution in [3.05, 3.63) is 35.9 Å². The minimum Gasteiger partial charge on any atom is -0.481 e. The monoisotopic (exact) mass is 463 g/mol. The van der Waals surface area contributed by atoms with Crippen molar-refractivity contribution in [1.82, 2.24) is 15.5 Å². The molecule has 0 bridgehead atoms. The average Bonchev–Trinajstić information content (AvgIpc) is 2.75. The fraction of sp³-hybridized carbons (Fsp3) is 0.565. The Balaban J connectivity index is 2.24. The number of carbonyl (C=O) groups excluding carboxylic acids is 2. The molecular formula is C23H33N3O7. The lowest BCUT2D eigenvalue weighted by Crippen LogP contribution is -2.63. The number of hydrogen-bond donors (Lipinski definition) is 4. The Morgan fingerprint density at radius 1 is 1.18 bits per heavy atom. The highest BCUT2D eigenvalue weighted by molar-refractivity contribution is 5.91. The van der Waals surface area contributed by atoms with Crippen LogP contribution < -0.4 is 10.6 Å². The van der Waals surface area contributed by atoms with Crippen molar-refractivity contribution in [2.24, 2.45) is 11.8 Å². The summed E-state index contributed by atoms with van der Waals surface area (Å²) in [5.41, 5.74) is 0.773. The summed E-state index contributed by atoms with van der Waals surface area (Å²) in [5.74, 6) is -3.60. The lowest BCUT2D eigenvalue weighted by atomic mass is 9.94. The number of aliphatic carboxylic acids is 2. The van der Waals surface area contributed by atoms with Crippen molar-refractivity contribution < 1.29 is 34.1 Å². The number of carboxylic acid groups (broad SMARTS) is 2. The number of nitrogens with zero attached hydrogens (tertiary/aromatic N) is 1. The third-order valence-corrected chi connectivity index (χ3v) is 5.64. The number of nitrogens with one attached hydrogen (secondary N) is 2. The normalized spacial score (nSPS) is 19.9. The second-order valence-electron chi connectivity index (χ2n) is 8.72. The predicted molar refractivity (Wildman–Crippen MR) is 119 cm³/mol. The minimum atomic E-state index is -1.58. The van der Waals surface area contributed by atoms with Gasteiger partial charge in [-0.25, -0.2) is 9.59 Å². The lowest BCUT2D eigenvalue weighted by molar-refractivity contribution is -0.159. The molecule has 2 amide bonds. The zero-order valence-electron chi connectivity index (χ0n) is 19.2. The molecule has 4 N–H and O–H groups in total. The van der Waals surface area contributed by atoms with Gasteiger partial charge in [-0.3, -0.25) is 14.9 Å². The molecule has 1 aromatic carbocycles. The van der Waals surface area contributed by atoms with E-state index in [0.717, 1.165) is 16.9 Å². The summed E-state index contributed by atoms with van der Waals surface area (Å²) in [4.78, 5) is 50.5. The maximum Gasteiger partial charge on any atom is 0.408 e. The van der Waals surface area contributed by atoms with Gasteiger partial charge in [-0.2, -0.15) is 0 Å². The van der Waals surface area contributed by atoms with Gasteiger partial charge >= 0.3 is 18.0 Å². The highest BCUT2D eigenvalue weighted by Crippen LogP contribution is 2.23. The molecule has 33 heavy (non-hydrogen) atoms. The zero-order valence-corrected chi connectivity index (χ0v) is 19.2. The molecule has 2 rings (SSSR count).